The molecule has 0 aromatic heterocycles. The molecule has 1 aromatic carbocycles. The van der Waals surface area contributed by atoms with Gasteiger partial charge in [-0.05, 0) is 18.1 Å². The summed E-state index contributed by atoms with van der Waals surface area (Å²) in [6, 6.07) is 9.50. The lowest BCUT2D eigenvalue weighted by atomic mass is 10.1. The molecule has 0 aliphatic carbocycles. The van der Waals surface area contributed by atoms with Crippen molar-refractivity contribution < 1.29 is 4.79 Å². The van der Waals surface area contributed by atoms with Crippen LogP contribution in [0.25, 0.3) is 0 Å². The van der Waals surface area contributed by atoms with E-state index in [1.54, 1.807) is 6.07 Å². The van der Waals surface area contributed by atoms with Crippen LogP contribution in [0.4, 0.5) is 0 Å². The maximum Gasteiger partial charge on any atom is 0.233 e. The summed E-state index contributed by atoms with van der Waals surface area (Å²) in [6.45, 7) is 3.52. The van der Waals surface area contributed by atoms with E-state index in [0.29, 0.717) is 18.7 Å². The zero-order valence-corrected chi connectivity index (χ0v) is 9.99. The van der Waals surface area contributed by atoms with E-state index < -0.39 is 0 Å². The lowest BCUT2D eigenvalue weighted by Crippen LogP contribution is -2.34. The van der Waals surface area contributed by atoms with Crippen molar-refractivity contribution in [2.75, 3.05) is 13.1 Å². The van der Waals surface area contributed by atoms with Gasteiger partial charge in [-0.15, -0.1) is 0 Å². The van der Waals surface area contributed by atoms with Crippen molar-refractivity contribution in [3.8, 4) is 6.07 Å². The number of amides is 1. The van der Waals surface area contributed by atoms with Crippen LogP contribution in [0.15, 0.2) is 24.3 Å². The van der Waals surface area contributed by atoms with E-state index >= 15 is 0 Å². The molecular formula is C13H17N3O. The number of rotatable bonds is 6. The quantitative estimate of drug-likeness (QED) is 0.772. The van der Waals surface area contributed by atoms with Crippen LogP contribution in [0.2, 0.25) is 0 Å². The molecule has 0 saturated carbocycles. The van der Waals surface area contributed by atoms with E-state index in [1.165, 1.54) is 0 Å². The standard InChI is InChI=1S/C13H17N3O/c1-2-7-16-13(17)10-15-9-12-6-4-3-5-11(12)8-14/h3-6,15H,2,7,9-10H2,1H3,(H,16,17). The molecule has 0 saturated heterocycles. The van der Waals surface area contributed by atoms with Crippen LogP contribution in [0.1, 0.15) is 24.5 Å². The summed E-state index contributed by atoms with van der Waals surface area (Å²) in [5.74, 6) is -0.0127. The van der Waals surface area contributed by atoms with Gasteiger partial charge in [0.25, 0.3) is 0 Å². The molecule has 1 aromatic rings. The predicted molar refractivity (Wildman–Crippen MR) is 66.2 cm³/mol. The summed E-state index contributed by atoms with van der Waals surface area (Å²) >= 11 is 0. The van der Waals surface area contributed by atoms with E-state index in [9.17, 15) is 4.79 Å². The zero-order chi connectivity index (χ0) is 12.5. The number of nitrogens with zero attached hydrogens (tertiary/aromatic N) is 1. The number of carbonyl (C=O) groups excluding carboxylic acids is 1. The molecule has 0 spiro atoms. The van der Waals surface area contributed by atoms with Gasteiger partial charge in [-0.1, -0.05) is 25.1 Å². The molecule has 0 atom stereocenters. The van der Waals surface area contributed by atoms with Crippen molar-refractivity contribution in [2.45, 2.75) is 19.9 Å². The van der Waals surface area contributed by atoms with Gasteiger partial charge in [0.2, 0.25) is 5.91 Å². The van der Waals surface area contributed by atoms with Crippen LogP contribution in [0.5, 0.6) is 0 Å². The third-order valence-electron chi connectivity index (χ3n) is 2.31. The Bertz CT molecular complexity index is 409. The second kappa shape index (κ2) is 7.42. The Labute approximate surface area is 102 Å². The number of benzene rings is 1. The van der Waals surface area contributed by atoms with Crippen molar-refractivity contribution in [1.29, 1.82) is 5.26 Å². The molecule has 1 amide bonds. The smallest absolute Gasteiger partial charge is 0.233 e. The monoisotopic (exact) mass is 231 g/mol. The third kappa shape index (κ3) is 4.66. The van der Waals surface area contributed by atoms with Crippen molar-refractivity contribution >= 4 is 5.91 Å². The molecule has 0 aliphatic rings. The molecule has 4 nitrogen and oxygen atoms in total. The highest BCUT2D eigenvalue weighted by molar-refractivity contribution is 5.77. The van der Waals surface area contributed by atoms with Crippen molar-refractivity contribution in [1.82, 2.24) is 10.6 Å². The van der Waals surface area contributed by atoms with E-state index in [4.69, 9.17) is 5.26 Å². The van der Waals surface area contributed by atoms with E-state index in [1.807, 2.05) is 25.1 Å². The molecule has 0 unspecified atom stereocenters. The summed E-state index contributed by atoms with van der Waals surface area (Å²) in [4.78, 5) is 11.3. The van der Waals surface area contributed by atoms with Crippen LogP contribution < -0.4 is 10.6 Å². The van der Waals surface area contributed by atoms with E-state index in [-0.39, 0.29) is 12.5 Å². The first-order valence-corrected chi connectivity index (χ1v) is 5.73. The number of hydrogen-bond acceptors (Lipinski definition) is 3. The second-order valence-corrected chi connectivity index (χ2v) is 3.72. The number of hydrogen-bond donors (Lipinski definition) is 2. The Kier molecular flexibility index (Phi) is 5.76. The maximum atomic E-state index is 11.3. The van der Waals surface area contributed by atoms with Gasteiger partial charge < -0.3 is 10.6 Å². The Morgan fingerprint density at radius 2 is 2.18 bits per heavy atom. The Morgan fingerprint density at radius 1 is 1.41 bits per heavy atom. The Hall–Kier alpha value is -1.86. The van der Waals surface area contributed by atoms with Gasteiger partial charge in [0.1, 0.15) is 0 Å². The summed E-state index contributed by atoms with van der Waals surface area (Å²) in [6.07, 6.45) is 0.934. The fraction of sp³-hybridized carbons (Fsp3) is 0.385. The van der Waals surface area contributed by atoms with Crippen LogP contribution in [-0.2, 0) is 11.3 Å². The highest BCUT2D eigenvalue weighted by Crippen LogP contribution is 2.06. The van der Waals surface area contributed by atoms with Gasteiger partial charge in [0, 0.05) is 13.1 Å². The first-order chi connectivity index (χ1) is 8.27. The minimum absolute atomic E-state index is 0.0127. The van der Waals surface area contributed by atoms with Crippen molar-refractivity contribution in [2.24, 2.45) is 0 Å². The van der Waals surface area contributed by atoms with Gasteiger partial charge >= 0.3 is 0 Å². The first kappa shape index (κ1) is 13.2. The minimum atomic E-state index is -0.0127. The SMILES string of the molecule is CCCNC(=O)CNCc1ccccc1C#N. The highest BCUT2D eigenvalue weighted by Gasteiger charge is 2.02. The highest BCUT2D eigenvalue weighted by atomic mass is 16.1. The van der Waals surface area contributed by atoms with Crippen LogP contribution in [0.3, 0.4) is 0 Å². The minimum Gasteiger partial charge on any atom is -0.355 e. The molecule has 2 N–H and O–H groups in total. The fourth-order valence-corrected chi connectivity index (χ4v) is 1.42. The number of carbonyl (C=O) groups is 1. The molecule has 0 heterocycles. The van der Waals surface area contributed by atoms with Crippen LogP contribution in [-0.4, -0.2) is 19.0 Å². The molecular weight excluding hydrogens is 214 g/mol. The first-order valence-electron chi connectivity index (χ1n) is 5.73. The molecule has 0 bridgehead atoms. The molecule has 4 heteroatoms. The van der Waals surface area contributed by atoms with Crippen molar-refractivity contribution in [3.05, 3.63) is 35.4 Å². The van der Waals surface area contributed by atoms with Gasteiger partial charge in [-0.2, -0.15) is 5.26 Å². The fourth-order valence-electron chi connectivity index (χ4n) is 1.42. The lowest BCUT2D eigenvalue weighted by molar-refractivity contribution is -0.120. The topological polar surface area (TPSA) is 64.9 Å². The normalized spacial score (nSPS) is 9.65. The molecule has 1 rings (SSSR count). The predicted octanol–water partition coefficient (Wildman–Crippen LogP) is 1.17. The van der Waals surface area contributed by atoms with Crippen LogP contribution in [0, 0.1) is 11.3 Å². The molecule has 0 radical (unpaired) electrons. The molecule has 17 heavy (non-hydrogen) atoms. The summed E-state index contributed by atoms with van der Waals surface area (Å²) in [7, 11) is 0. The largest absolute Gasteiger partial charge is 0.355 e. The average molecular weight is 231 g/mol. The van der Waals surface area contributed by atoms with Gasteiger partial charge in [0.15, 0.2) is 0 Å². The van der Waals surface area contributed by atoms with Crippen LogP contribution >= 0.6 is 0 Å². The summed E-state index contributed by atoms with van der Waals surface area (Å²) in [5, 5.41) is 14.7. The molecule has 0 aliphatic heterocycles. The van der Waals surface area contributed by atoms with Gasteiger partial charge in [-0.25, -0.2) is 0 Å². The Morgan fingerprint density at radius 3 is 2.88 bits per heavy atom. The van der Waals surface area contributed by atoms with E-state index in [0.717, 1.165) is 12.0 Å². The zero-order valence-electron chi connectivity index (χ0n) is 9.99. The lowest BCUT2D eigenvalue weighted by Gasteiger charge is -2.06. The van der Waals surface area contributed by atoms with Gasteiger partial charge in [-0.3, -0.25) is 4.79 Å². The average Bonchev–Trinajstić information content (AvgIpc) is 2.37. The van der Waals surface area contributed by atoms with Gasteiger partial charge in [0.05, 0.1) is 18.2 Å². The summed E-state index contributed by atoms with van der Waals surface area (Å²) in [5.41, 5.74) is 1.56. The summed E-state index contributed by atoms with van der Waals surface area (Å²) < 4.78 is 0. The van der Waals surface area contributed by atoms with E-state index in [2.05, 4.69) is 16.7 Å². The molecule has 0 fully saturated rings. The molecule has 90 valence electrons. The van der Waals surface area contributed by atoms with Crippen molar-refractivity contribution in [3.63, 3.8) is 0 Å². The maximum absolute atomic E-state index is 11.3. The number of nitrogens with one attached hydrogen (secondary N) is 2. The Balaban J connectivity index is 2.36. The third-order valence-corrected chi connectivity index (χ3v) is 2.31. The number of nitriles is 1. The second-order valence-electron chi connectivity index (χ2n) is 3.72.